The van der Waals surface area contributed by atoms with Crippen LogP contribution in [0.15, 0.2) is 24.3 Å². The van der Waals surface area contributed by atoms with Crippen molar-refractivity contribution >= 4 is 34.4 Å². The monoisotopic (exact) mass is 360 g/mol. The molecular weight excluding hydrogens is 343 g/mol. The molecule has 0 saturated heterocycles. The molecule has 0 fully saturated rings. The predicted octanol–water partition coefficient (Wildman–Crippen LogP) is 1.61. The molecule has 1 rings (SSSR count). The van der Waals surface area contributed by atoms with Crippen molar-refractivity contribution in [1.29, 1.82) is 0 Å². The van der Waals surface area contributed by atoms with Gasteiger partial charge in [0.15, 0.2) is 0 Å². The number of benzene rings is 1. The van der Waals surface area contributed by atoms with Crippen LogP contribution in [0, 0.1) is 3.57 Å². The van der Waals surface area contributed by atoms with Crippen LogP contribution in [0.4, 0.5) is 0 Å². The average Bonchev–Trinajstić information content (AvgIpc) is 2.35. The third-order valence-electron chi connectivity index (χ3n) is 2.59. The number of primary amides is 1. The molecule has 0 saturated carbocycles. The van der Waals surface area contributed by atoms with E-state index in [2.05, 4.69) is 40.0 Å². The third kappa shape index (κ3) is 5.48. The van der Waals surface area contributed by atoms with E-state index in [9.17, 15) is 9.59 Å². The van der Waals surface area contributed by atoms with Crippen molar-refractivity contribution in [3.8, 4) is 0 Å². The molecule has 0 aromatic heterocycles. The smallest absolute Gasteiger partial charge is 0.309 e. The molecule has 0 spiro atoms. The molecule has 0 aliphatic carbocycles. The zero-order valence-corrected chi connectivity index (χ0v) is 12.3. The van der Waals surface area contributed by atoms with Crippen LogP contribution in [0.5, 0.6) is 0 Å². The number of hydrogen-bond donors (Lipinski definition) is 2. The Balaban J connectivity index is 2.11. The van der Waals surface area contributed by atoms with Gasteiger partial charge in [0.1, 0.15) is 0 Å². The van der Waals surface area contributed by atoms with E-state index < -0.39 is 11.8 Å². The van der Waals surface area contributed by atoms with Gasteiger partial charge in [0, 0.05) is 10.1 Å². The Morgan fingerprint density at radius 3 is 2.56 bits per heavy atom. The number of unbranched alkanes of at least 4 members (excludes halogenated alkanes) is 2. The topological polar surface area (TPSA) is 72.2 Å². The van der Waals surface area contributed by atoms with Crippen LogP contribution in [0.1, 0.15) is 24.8 Å². The van der Waals surface area contributed by atoms with Crippen LogP contribution in [0.3, 0.4) is 0 Å². The highest BCUT2D eigenvalue weighted by molar-refractivity contribution is 14.1. The van der Waals surface area contributed by atoms with Gasteiger partial charge in [0.25, 0.3) is 0 Å². The van der Waals surface area contributed by atoms with Crippen molar-refractivity contribution < 1.29 is 9.59 Å². The van der Waals surface area contributed by atoms with Crippen LogP contribution < -0.4 is 11.1 Å². The van der Waals surface area contributed by atoms with Gasteiger partial charge < -0.3 is 11.1 Å². The lowest BCUT2D eigenvalue weighted by atomic mass is 10.1. The highest BCUT2D eigenvalue weighted by Gasteiger charge is 2.06. The first kappa shape index (κ1) is 14.9. The van der Waals surface area contributed by atoms with E-state index in [0.717, 1.165) is 25.7 Å². The Labute approximate surface area is 120 Å². The fourth-order valence-electron chi connectivity index (χ4n) is 1.61. The summed E-state index contributed by atoms with van der Waals surface area (Å²) in [6, 6.07) is 8.31. The van der Waals surface area contributed by atoms with Crippen LogP contribution in [0.25, 0.3) is 0 Å². The maximum Gasteiger partial charge on any atom is 0.309 e. The zero-order chi connectivity index (χ0) is 13.4. The Morgan fingerprint density at radius 2 is 1.89 bits per heavy atom. The standard InChI is InChI=1S/C13H17IN2O2/c14-11-8-4-3-7-10(11)6-2-1-5-9-16-13(18)12(15)17/h3-4,7-8H,1-2,5-6,9H2,(H2,15,17)(H,16,18). The molecule has 2 amide bonds. The largest absolute Gasteiger partial charge is 0.361 e. The van der Waals surface area contributed by atoms with Crippen molar-refractivity contribution in [3.63, 3.8) is 0 Å². The highest BCUT2D eigenvalue weighted by atomic mass is 127. The van der Waals surface area contributed by atoms with Gasteiger partial charge in [-0.2, -0.15) is 0 Å². The number of nitrogens with two attached hydrogens (primary N) is 1. The summed E-state index contributed by atoms with van der Waals surface area (Å²) in [5, 5.41) is 2.48. The second kappa shape index (κ2) is 8.07. The van der Waals surface area contributed by atoms with E-state index in [-0.39, 0.29) is 0 Å². The molecule has 0 atom stereocenters. The van der Waals surface area contributed by atoms with E-state index in [1.165, 1.54) is 9.13 Å². The maximum absolute atomic E-state index is 10.9. The zero-order valence-electron chi connectivity index (χ0n) is 10.1. The van der Waals surface area contributed by atoms with Crippen molar-refractivity contribution in [2.75, 3.05) is 6.54 Å². The molecule has 0 unspecified atom stereocenters. The Morgan fingerprint density at radius 1 is 1.17 bits per heavy atom. The summed E-state index contributed by atoms with van der Waals surface area (Å²) in [4.78, 5) is 21.3. The summed E-state index contributed by atoms with van der Waals surface area (Å²) >= 11 is 2.34. The van der Waals surface area contributed by atoms with Gasteiger partial charge in [-0.25, -0.2) is 0 Å². The quantitative estimate of drug-likeness (QED) is 0.460. The molecule has 3 N–H and O–H groups in total. The first-order valence-corrected chi connectivity index (χ1v) is 7.00. The maximum atomic E-state index is 10.9. The number of rotatable bonds is 6. The van der Waals surface area contributed by atoms with Gasteiger partial charge in [-0.15, -0.1) is 0 Å². The molecule has 4 nitrogen and oxygen atoms in total. The minimum Gasteiger partial charge on any atom is -0.361 e. The second-order valence-corrected chi connectivity index (χ2v) is 5.18. The Bertz CT molecular complexity index is 421. The third-order valence-corrected chi connectivity index (χ3v) is 3.64. The predicted molar refractivity (Wildman–Crippen MR) is 78.9 cm³/mol. The van der Waals surface area contributed by atoms with Gasteiger partial charge in [-0.3, -0.25) is 9.59 Å². The minimum atomic E-state index is -0.922. The minimum absolute atomic E-state index is 0.508. The van der Waals surface area contributed by atoms with Crippen molar-refractivity contribution in [2.45, 2.75) is 25.7 Å². The number of halogens is 1. The fourth-order valence-corrected chi connectivity index (χ4v) is 2.26. The number of carbonyl (C=O) groups excluding carboxylic acids is 2. The molecule has 5 heteroatoms. The molecule has 0 bridgehead atoms. The summed E-state index contributed by atoms with van der Waals surface area (Å²) in [6.45, 7) is 0.508. The number of nitrogens with one attached hydrogen (secondary N) is 1. The van der Waals surface area contributed by atoms with E-state index in [1.54, 1.807) is 0 Å². The lowest BCUT2D eigenvalue weighted by molar-refractivity contribution is -0.137. The summed E-state index contributed by atoms with van der Waals surface area (Å²) in [5.41, 5.74) is 6.18. The van der Waals surface area contributed by atoms with Gasteiger partial charge in [-0.05, 0) is 53.5 Å². The average molecular weight is 360 g/mol. The molecule has 0 heterocycles. The molecule has 1 aromatic rings. The van der Waals surface area contributed by atoms with Gasteiger partial charge in [0.05, 0.1) is 0 Å². The normalized spacial score (nSPS) is 10.1. The molecule has 0 radical (unpaired) electrons. The van der Waals surface area contributed by atoms with E-state index in [4.69, 9.17) is 5.73 Å². The molecule has 1 aromatic carbocycles. The van der Waals surface area contributed by atoms with Crippen LogP contribution in [-0.2, 0) is 16.0 Å². The Kier molecular flexibility index (Phi) is 6.70. The van der Waals surface area contributed by atoms with Crippen molar-refractivity contribution in [1.82, 2.24) is 5.32 Å². The number of carbonyl (C=O) groups is 2. The lowest BCUT2D eigenvalue weighted by Gasteiger charge is -2.05. The summed E-state index contributed by atoms with van der Waals surface area (Å²) in [5.74, 6) is -1.62. The fraction of sp³-hybridized carbons (Fsp3) is 0.385. The van der Waals surface area contributed by atoms with Gasteiger partial charge in [-0.1, -0.05) is 24.6 Å². The van der Waals surface area contributed by atoms with Crippen LogP contribution >= 0.6 is 22.6 Å². The van der Waals surface area contributed by atoms with Crippen LogP contribution in [-0.4, -0.2) is 18.4 Å². The SMILES string of the molecule is NC(=O)C(=O)NCCCCCc1ccccc1I. The number of amides is 2. The summed E-state index contributed by atoms with van der Waals surface area (Å²) in [7, 11) is 0. The van der Waals surface area contributed by atoms with Crippen molar-refractivity contribution in [2.24, 2.45) is 5.73 Å². The van der Waals surface area contributed by atoms with Crippen LogP contribution in [0.2, 0.25) is 0 Å². The number of hydrogen-bond acceptors (Lipinski definition) is 2. The second-order valence-electron chi connectivity index (χ2n) is 4.02. The van der Waals surface area contributed by atoms with Crippen molar-refractivity contribution in [3.05, 3.63) is 33.4 Å². The molecule has 98 valence electrons. The Hall–Kier alpha value is -1.11. The van der Waals surface area contributed by atoms with Gasteiger partial charge >= 0.3 is 11.8 Å². The highest BCUT2D eigenvalue weighted by Crippen LogP contribution is 2.14. The first-order valence-electron chi connectivity index (χ1n) is 5.92. The van der Waals surface area contributed by atoms with E-state index in [0.29, 0.717) is 6.54 Å². The molecule has 18 heavy (non-hydrogen) atoms. The molecular formula is C13H17IN2O2. The summed E-state index contributed by atoms with van der Waals surface area (Å²) in [6.07, 6.45) is 4.00. The lowest BCUT2D eigenvalue weighted by Crippen LogP contribution is -2.36. The van der Waals surface area contributed by atoms with Gasteiger partial charge in [0.2, 0.25) is 0 Å². The summed E-state index contributed by atoms with van der Waals surface area (Å²) < 4.78 is 1.29. The van der Waals surface area contributed by atoms with E-state index in [1.807, 2.05) is 12.1 Å². The van der Waals surface area contributed by atoms with E-state index >= 15 is 0 Å². The molecule has 0 aliphatic rings. The number of aryl methyl sites for hydroxylation is 1. The first-order chi connectivity index (χ1) is 8.61. The molecule has 0 aliphatic heterocycles.